The molecule has 0 atom stereocenters. The molecule has 0 spiro atoms. The van der Waals surface area contributed by atoms with E-state index in [2.05, 4.69) is 19.7 Å². The number of esters is 1. The first-order valence-corrected chi connectivity index (χ1v) is 9.03. The molecule has 2 N–H and O–H groups in total. The van der Waals surface area contributed by atoms with Crippen LogP contribution in [0, 0.1) is 5.41 Å². The highest BCUT2D eigenvalue weighted by atomic mass is 32.2. The summed E-state index contributed by atoms with van der Waals surface area (Å²) in [6.45, 7) is 0.962. The molecule has 0 amide bonds. The summed E-state index contributed by atoms with van der Waals surface area (Å²) in [5.41, 5.74) is -0.128. The van der Waals surface area contributed by atoms with Gasteiger partial charge in [-0.1, -0.05) is 12.8 Å². The summed E-state index contributed by atoms with van der Waals surface area (Å²) in [5, 5.41) is 5.89. The van der Waals surface area contributed by atoms with Crippen LogP contribution in [0.5, 0.6) is 0 Å². The maximum Gasteiger partial charge on any atom is 0.358 e. The molecule has 1 fully saturated rings. The first-order valence-electron chi connectivity index (χ1n) is 7.55. The summed E-state index contributed by atoms with van der Waals surface area (Å²) in [7, 11) is -0.892. The zero-order valence-electron chi connectivity index (χ0n) is 13.4. The van der Waals surface area contributed by atoms with Crippen LogP contribution in [0.4, 0.5) is 0 Å². The highest BCUT2D eigenvalue weighted by molar-refractivity contribution is 7.89. The van der Waals surface area contributed by atoms with E-state index in [0.717, 1.165) is 32.1 Å². The van der Waals surface area contributed by atoms with Crippen LogP contribution in [-0.2, 0) is 19.5 Å². The molecule has 0 unspecified atom stereocenters. The standard InChI is InChI=1S/C14H23N3O5S/c1-21-8-7-14(5-3-4-6-14)10-15-23(19,20)12-9-11(16-17-12)13(18)22-2/h9,15H,3-8,10H2,1-2H3,(H,16,17). The van der Waals surface area contributed by atoms with E-state index in [4.69, 9.17) is 4.74 Å². The number of carbonyl (C=O) groups is 1. The van der Waals surface area contributed by atoms with Crippen LogP contribution >= 0.6 is 0 Å². The monoisotopic (exact) mass is 345 g/mol. The molecule has 0 bridgehead atoms. The second kappa shape index (κ2) is 7.41. The number of nitrogens with zero attached hydrogens (tertiary/aromatic N) is 1. The van der Waals surface area contributed by atoms with Gasteiger partial charge < -0.3 is 9.47 Å². The zero-order chi connectivity index (χ0) is 16.9. The van der Waals surface area contributed by atoms with Gasteiger partial charge in [-0.3, -0.25) is 5.10 Å². The van der Waals surface area contributed by atoms with Crippen molar-refractivity contribution in [1.82, 2.24) is 14.9 Å². The van der Waals surface area contributed by atoms with Crippen molar-refractivity contribution in [3.63, 3.8) is 0 Å². The minimum absolute atomic E-state index is 0.0612. The van der Waals surface area contributed by atoms with Crippen LogP contribution in [0.2, 0.25) is 0 Å². The molecule has 8 nitrogen and oxygen atoms in total. The van der Waals surface area contributed by atoms with Crippen molar-refractivity contribution < 1.29 is 22.7 Å². The average Bonchev–Trinajstić information content (AvgIpc) is 3.21. The Hall–Kier alpha value is -1.45. The van der Waals surface area contributed by atoms with Crippen LogP contribution < -0.4 is 4.72 Å². The van der Waals surface area contributed by atoms with Gasteiger partial charge in [-0.25, -0.2) is 17.9 Å². The lowest BCUT2D eigenvalue weighted by Crippen LogP contribution is -2.36. The smallest absolute Gasteiger partial charge is 0.358 e. The largest absolute Gasteiger partial charge is 0.464 e. The van der Waals surface area contributed by atoms with Crippen molar-refractivity contribution in [2.24, 2.45) is 5.41 Å². The number of hydrogen-bond acceptors (Lipinski definition) is 6. The van der Waals surface area contributed by atoms with Crippen molar-refractivity contribution in [2.45, 2.75) is 37.1 Å². The van der Waals surface area contributed by atoms with Gasteiger partial charge in [0.05, 0.1) is 7.11 Å². The fraction of sp³-hybridized carbons (Fsp3) is 0.714. The lowest BCUT2D eigenvalue weighted by Gasteiger charge is -2.28. The fourth-order valence-electron chi connectivity index (χ4n) is 2.94. The van der Waals surface area contributed by atoms with Gasteiger partial charge in [0.1, 0.15) is 0 Å². The molecule has 0 radical (unpaired) electrons. The van der Waals surface area contributed by atoms with Gasteiger partial charge in [-0.15, -0.1) is 0 Å². The topological polar surface area (TPSA) is 110 Å². The van der Waals surface area contributed by atoms with Crippen LogP contribution in [-0.4, -0.2) is 52.0 Å². The van der Waals surface area contributed by atoms with E-state index in [1.54, 1.807) is 7.11 Å². The van der Waals surface area contributed by atoms with E-state index in [1.807, 2.05) is 0 Å². The van der Waals surface area contributed by atoms with Gasteiger partial charge in [-0.05, 0) is 24.7 Å². The number of rotatable bonds is 8. The third-order valence-corrected chi connectivity index (χ3v) is 5.69. The molecule has 2 rings (SSSR count). The number of H-pyrrole nitrogens is 1. The Balaban J connectivity index is 2.05. The molecule has 1 aliphatic carbocycles. The maximum atomic E-state index is 12.4. The van der Waals surface area contributed by atoms with Crippen molar-refractivity contribution in [3.05, 3.63) is 11.8 Å². The minimum Gasteiger partial charge on any atom is -0.464 e. The Morgan fingerprint density at radius 3 is 2.70 bits per heavy atom. The first kappa shape index (κ1) is 17.9. The van der Waals surface area contributed by atoms with E-state index < -0.39 is 16.0 Å². The van der Waals surface area contributed by atoms with E-state index in [9.17, 15) is 13.2 Å². The average molecular weight is 345 g/mol. The molecule has 0 saturated heterocycles. The Kier molecular flexibility index (Phi) is 5.77. The molecule has 1 aromatic rings. The maximum absolute atomic E-state index is 12.4. The van der Waals surface area contributed by atoms with Crippen molar-refractivity contribution in [3.8, 4) is 0 Å². The number of aromatic nitrogens is 2. The van der Waals surface area contributed by atoms with Gasteiger partial charge in [0.25, 0.3) is 10.0 Å². The van der Waals surface area contributed by atoms with Gasteiger partial charge in [0, 0.05) is 26.3 Å². The molecule has 1 saturated carbocycles. The minimum atomic E-state index is -3.75. The summed E-state index contributed by atoms with van der Waals surface area (Å²) in [6.07, 6.45) is 4.98. The molecule has 9 heteroatoms. The Labute approximate surface area is 136 Å². The molecule has 23 heavy (non-hydrogen) atoms. The number of hydrogen-bond donors (Lipinski definition) is 2. The van der Waals surface area contributed by atoms with Gasteiger partial charge in [0.15, 0.2) is 10.7 Å². The third-order valence-electron chi connectivity index (χ3n) is 4.38. The van der Waals surface area contributed by atoms with Crippen molar-refractivity contribution in [1.29, 1.82) is 0 Å². The van der Waals surface area contributed by atoms with Crippen LogP contribution in [0.25, 0.3) is 0 Å². The predicted molar refractivity (Wildman–Crippen MR) is 82.5 cm³/mol. The number of carbonyl (C=O) groups excluding carboxylic acids is 1. The highest BCUT2D eigenvalue weighted by Crippen LogP contribution is 2.40. The Morgan fingerprint density at radius 2 is 2.09 bits per heavy atom. The van der Waals surface area contributed by atoms with Gasteiger partial charge in [-0.2, -0.15) is 5.10 Å². The normalized spacial score (nSPS) is 17.3. The second-order valence-electron chi connectivity index (χ2n) is 5.88. The van der Waals surface area contributed by atoms with Crippen molar-refractivity contribution in [2.75, 3.05) is 27.4 Å². The molecular weight excluding hydrogens is 322 g/mol. The summed E-state index contributed by atoms with van der Waals surface area (Å²) in [6, 6.07) is 1.17. The van der Waals surface area contributed by atoms with Crippen LogP contribution in [0.15, 0.2) is 11.1 Å². The van der Waals surface area contributed by atoms with E-state index in [0.29, 0.717) is 13.2 Å². The highest BCUT2D eigenvalue weighted by Gasteiger charge is 2.35. The van der Waals surface area contributed by atoms with Crippen molar-refractivity contribution >= 4 is 16.0 Å². The van der Waals surface area contributed by atoms with E-state index in [1.165, 1.54) is 13.2 Å². The summed E-state index contributed by atoms with van der Waals surface area (Å²) >= 11 is 0. The molecule has 1 heterocycles. The fourth-order valence-corrected chi connectivity index (χ4v) is 4.02. The molecule has 0 aromatic carbocycles. The summed E-state index contributed by atoms with van der Waals surface area (Å²) in [4.78, 5) is 11.4. The lowest BCUT2D eigenvalue weighted by atomic mass is 9.83. The molecule has 0 aliphatic heterocycles. The van der Waals surface area contributed by atoms with Gasteiger partial charge in [0.2, 0.25) is 0 Å². The predicted octanol–water partition coefficient (Wildman–Crippen LogP) is 1.07. The molecule has 1 aliphatic rings. The zero-order valence-corrected chi connectivity index (χ0v) is 14.2. The van der Waals surface area contributed by atoms with Crippen LogP contribution in [0.3, 0.4) is 0 Å². The Morgan fingerprint density at radius 1 is 1.39 bits per heavy atom. The molecule has 130 valence electrons. The van der Waals surface area contributed by atoms with E-state index in [-0.39, 0.29) is 16.1 Å². The van der Waals surface area contributed by atoms with Crippen LogP contribution in [0.1, 0.15) is 42.6 Å². The number of ether oxygens (including phenoxy) is 2. The lowest BCUT2D eigenvalue weighted by molar-refractivity contribution is 0.0594. The quantitative estimate of drug-likeness (QED) is 0.682. The summed E-state index contributed by atoms with van der Waals surface area (Å²) < 4.78 is 37.0. The second-order valence-corrected chi connectivity index (χ2v) is 7.62. The van der Waals surface area contributed by atoms with Gasteiger partial charge >= 0.3 is 5.97 Å². The SMILES string of the molecule is COCCC1(CNS(=O)(=O)c2cc(C(=O)OC)n[nH]2)CCCC1. The first-order chi connectivity index (χ1) is 10.9. The Bertz CT molecular complexity index is 635. The third kappa shape index (κ3) is 4.30. The molecule has 1 aromatic heterocycles. The van der Waals surface area contributed by atoms with E-state index >= 15 is 0 Å². The number of nitrogens with one attached hydrogen (secondary N) is 2. The number of aromatic amines is 1. The number of methoxy groups -OCH3 is 2. The number of sulfonamides is 1. The summed E-state index contributed by atoms with van der Waals surface area (Å²) in [5.74, 6) is -0.685. The molecular formula is C14H23N3O5S.